The number of fused-ring (bicyclic) bond motifs is 1. The number of thiophene rings is 1. The average Bonchev–Trinajstić information content (AvgIpc) is 3.01. The molecule has 3 rings (SSSR count). The zero-order valence-corrected chi connectivity index (χ0v) is 13.6. The number of hydrogen-bond donors (Lipinski definition) is 1. The molecule has 0 aliphatic heterocycles. The average molecular weight is 299 g/mol. The number of rotatable bonds is 5. The van der Waals surface area contributed by atoms with E-state index in [0.29, 0.717) is 6.04 Å². The van der Waals surface area contributed by atoms with Crippen LogP contribution >= 0.6 is 11.3 Å². The van der Waals surface area contributed by atoms with Crippen LogP contribution in [0.25, 0.3) is 11.0 Å². The second-order valence-electron chi connectivity index (χ2n) is 5.57. The molecule has 2 heterocycles. The Hall–Kier alpha value is -1.65. The Morgan fingerprint density at radius 3 is 2.76 bits per heavy atom. The summed E-state index contributed by atoms with van der Waals surface area (Å²) < 4.78 is 2.17. The highest BCUT2D eigenvalue weighted by Gasteiger charge is 2.09. The normalized spacial score (nSPS) is 12.9. The van der Waals surface area contributed by atoms with Gasteiger partial charge in [0.2, 0.25) is 0 Å². The van der Waals surface area contributed by atoms with E-state index < -0.39 is 0 Å². The first-order chi connectivity index (χ1) is 10.1. The van der Waals surface area contributed by atoms with Gasteiger partial charge < -0.3 is 9.88 Å². The Kier molecular flexibility index (Phi) is 4.08. The van der Waals surface area contributed by atoms with Gasteiger partial charge in [0, 0.05) is 22.8 Å². The van der Waals surface area contributed by atoms with Crippen molar-refractivity contribution in [3.8, 4) is 0 Å². The van der Waals surface area contributed by atoms with Gasteiger partial charge in [0.25, 0.3) is 0 Å². The van der Waals surface area contributed by atoms with E-state index in [-0.39, 0.29) is 0 Å². The number of aryl methyl sites for hydroxylation is 2. The van der Waals surface area contributed by atoms with Crippen LogP contribution in [-0.4, -0.2) is 15.6 Å². The van der Waals surface area contributed by atoms with Gasteiger partial charge in [-0.3, -0.25) is 0 Å². The Labute approximate surface area is 129 Å². The molecule has 0 aliphatic rings. The Bertz CT molecular complexity index is 741. The molecular formula is C17H21N3S. The molecule has 0 spiro atoms. The summed E-state index contributed by atoms with van der Waals surface area (Å²) in [5.41, 5.74) is 2.26. The van der Waals surface area contributed by atoms with Gasteiger partial charge in [-0.05, 0) is 44.5 Å². The lowest BCUT2D eigenvalue weighted by Crippen LogP contribution is -2.28. The number of aromatic nitrogens is 2. The summed E-state index contributed by atoms with van der Waals surface area (Å²) >= 11 is 1.88. The summed E-state index contributed by atoms with van der Waals surface area (Å²) in [6.07, 6.45) is 1.07. The molecule has 0 saturated carbocycles. The Balaban J connectivity index is 1.64. The molecule has 0 aliphatic carbocycles. The van der Waals surface area contributed by atoms with Gasteiger partial charge in [-0.2, -0.15) is 0 Å². The van der Waals surface area contributed by atoms with Crippen LogP contribution < -0.4 is 5.32 Å². The zero-order chi connectivity index (χ0) is 14.8. The summed E-state index contributed by atoms with van der Waals surface area (Å²) in [5, 5.41) is 3.58. The second kappa shape index (κ2) is 6.00. The summed E-state index contributed by atoms with van der Waals surface area (Å²) in [6, 6.07) is 13.1. The van der Waals surface area contributed by atoms with E-state index in [1.165, 1.54) is 15.3 Å². The Morgan fingerprint density at radius 1 is 1.24 bits per heavy atom. The minimum absolute atomic E-state index is 0.447. The summed E-state index contributed by atoms with van der Waals surface area (Å²) in [6.45, 7) is 5.19. The number of nitrogens with zero attached hydrogens (tertiary/aromatic N) is 2. The number of hydrogen-bond acceptors (Lipinski definition) is 3. The van der Waals surface area contributed by atoms with Crippen molar-refractivity contribution in [3.63, 3.8) is 0 Å². The van der Waals surface area contributed by atoms with Gasteiger partial charge >= 0.3 is 0 Å². The monoisotopic (exact) mass is 299 g/mol. The van der Waals surface area contributed by atoms with Gasteiger partial charge in [-0.15, -0.1) is 11.3 Å². The third kappa shape index (κ3) is 3.17. The van der Waals surface area contributed by atoms with Crippen molar-refractivity contribution in [2.45, 2.75) is 32.9 Å². The molecule has 1 unspecified atom stereocenters. The largest absolute Gasteiger partial charge is 0.330 e. The minimum atomic E-state index is 0.447. The van der Waals surface area contributed by atoms with Crippen LogP contribution in [0.3, 0.4) is 0 Å². The highest BCUT2D eigenvalue weighted by molar-refractivity contribution is 7.11. The molecule has 4 heteroatoms. The number of benzene rings is 1. The SMILES string of the molecule is Cc1ccc(CC(C)NCc2nc3ccccc3n2C)s1. The minimum Gasteiger partial charge on any atom is -0.330 e. The predicted molar refractivity (Wildman–Crippen MR) is 89.8 cm³/mol. The van der Waals surface area contributed by atoms with Crippen LogP contribution in [0, 0.1) is 6.92 Å². The van der Waals surface area contributed by atoms with Crippen LogP contribution in [0.15, 0.2) is 36.4 Å². The van der Waals surface area contributed by atoms with Gasteiger partial charge in [-0.1, -0.05) is 12.1 Å². The van der Waals surface area contributed by atoms with Crippen LogP contribution in [0.4, 0.5) is 0 Å². The van der Waals surface area contributed by atoms with E-state index in [1.54, 1.807) is 0 Å². The van der Waals surface area contributed by atoms with Crippen molar-refractivity contribution in [1.29, 1.82) is 0 Å². The fourth-order valence-corrected chi connectivity index (χ4v) is 3.61. The van der Waals surface area contributed by atoms with E-state index in [9.17, 15) is 0 Å². The van der Waals surface area contributed by atoms with Gasteiger partial charge in [0.05, 0.1) is 17.6 Å². The molecule has 2 aromatic heterocycles. The zero-order valence-electron chi connectivity index (χ0n) is 12.8. The van der Waals surface area contributed by atoms with Crippen molar-refractivity contribution in [2.75, 3.05) is 0 Å². The van der Waals surface area contributed by atoms with Crippen molar-refractivity contribution in [1.82, 2.24) is 14.9 Å². The molecule has 1 N–H and O–H groups in total. The topological polar surface area (TPSA) is 29.9 Å². The fourth-order valence-electron chi connectivity index (χ4n) is 2.59. The molecule has 1 atom stereocenters. The highest BCUT2D eigenvalue weighted by Crippen LogP contribution is 2.17. The van der Waals surface area contributed by atoms with Gasteiger partial charge in [0.1, 0.15) is 5.82 Å². The van der Waals surface area contributed by atoms with E-state index in [0.717, 1.165) is 24.3 Å². The predicted octanol–water partition coefficient (Wildman–Crippen LogP) is 3.66. The number of para-hydroxylation sites is 2. The van der Waals surface area contributed by atoms with Crippen LogP contribution in [-0.2, 0) is 20.0 Å². The molecular weight excluding hydrogens is 278 g/mol. The van der Waals surface area contributed by atoms with Crippen molar-refractivity contribution >= 4 is 22.4 Å². The third-order valence-corrected chi connectivity index (χ3v) is 4.81. The maximum Gasteiger partial charge on any atom is 0.123 e. The molecule has 3 aromatic rings. The van der Waals surface area contributed by atoms with E-state index in [4.69, 9.17) is 4.98 Å². The highest BCUT2D eigenvalue weighted by atomic mass is 32.1. The second-order valence-corrected chi connectivity index (χ2v) is 6.95. The van der Waals surface area contributed by atoms with E-state index in [1.807, 2.05) is 17.4 Å². The summed E-state index contributed by atoms with van der Waals surface area (Å²) in [5.74, 6) is 1.09. The number of nitrogens with one attached hydrogen (secondary N) is 1. The molecule has 21 heavy (non-hydrogen) atoms. The van der Waals surface area contributed by atoms with E-state index in [2.05, 4.69) is 61.1 Å². The van der Waals surface area contributed by atoms with E-state index >= 15 is 0 Å². The molecule has 0 bridgehead atoms. The first kappa shape index (κ1) is 14.3. The molecule has 1 aromatic carbocycles. The maximum atomic E-state index is 4.70. The third-order valence-electron chi connectivity index (χ3n) is 3.79. The van der Waals surface area contributed by atoms with Gasteiger partial charge in [0.15, 0.2) is 0 Å². The lowest BCUT2D eigenvalue weighted by molar-refractivity contribution is 0.530. The summed E-state index contributed by atoms with van der Waals surface area (Å²) in [4.78, 5) is 7.52. The van der Waals surface area contributed by atoms with Crippen molar-refractivity contribution < 1.29 is 0 Å². The molecule has 3 nitrogen and oxygen atoms in total. The standard InChI is InChI=1S/C17H21N3S/c1-12(10-14-9-8-13(2)21-14)18-11-17-19-15-6-4-5-7-16(15)20(17)3/h4-9,12,18H,10-11H2,1-3H3. The number of imidazole rings is 1. The van der Waals surface area contributed by atoms with Crippen molar-refractivity contribution in [3.05, 3.63) is 52.0 Å². The van der Waals surface area contributed by atoms with Crippen LogP contribution in [0.1, 0.15) is 22.5 Å². The molecule has 0 fully saturated rings. The molecule has 0 amide bonds. The molecule has 0 saturated heterocycles. The van der Waals surface area contributed by atoms with Crippen LogP contribution in [0.5, 0.6) is 0 Å². The lowest BCUT2D eigenvalue weighted by atomic mass is 10.2. The first-order valence-electron chi connectivity index (χ1n) is 7.32. The smallest absolute Gasteiger partial charge is 0.123 e. The fraction of sp³-hybridized carbons (Fsp3) is 0.353. The van der Waals surface area contributed by atoms with Crippen LogP contribution in [0.2, 0.25) is 0 Å². The summed E-state index contributed by atoms with van der Waals surface area (Å²) in [7, 11) is 2.08. The quantitative estimate of drug-likeness (QED) is 0.779. The maximum absolute atomic E-state index is 4.70. The molecule has 0 radical (unpaired) electrons. The Morgan fingerprint density at radius 2 is 2.05 bits per heavy atom. The van der Waals surface area contributed by atoms with Crippen molar-refractivity contribution in [2.24, 2.45) is 7.05 Å². The lowest BCUT2D eigenvalue weighted by Gasteiger charge is -2.12. The van der Waals surface area contributed by atoms with Gasteiger partial charge in [-0.25, -0.2) is 4.98 Å². The molecule has 110 valence electrons. The first-order valence-corrected chi connectivity index (χ1v) is 8.14.